The first kappa shape index (κ1) is 18.8. The fraction of sp³-hybridized carbons (Fsp3) is 0.250. The molecular weight excluding hydrogens is 362 g/mol. The zero-order chi connectivity index (χ0) is 19.4. The normalized spacial score (nSPS) is 10.6. The van der Waals surface area contributed by atoms with Crippen molar-refractivity contribution in [1.82, 2.24) is 9.78 Å². The minimum absolute atomic E-state index is 0.0277. The maximum atomic E-state index is 12.3. The van der Waals surface area contributed by atoms with Crippen molar-refractivity contribution in [2.75, 3.05) is 5.32 Å². The third kappa shape index (κ3) is 4.83. The largest absolute Gasteiger partial charge is 0.484 e. The Hall–Kier alpha value is -2.93. The second-order valence-corrected chi connectivity index (χ2v) is 6.69. The molecule has 0 aliphatic carbocycles. The average Bonchev–Trinajstić information content (AvgIpc) is 2.97. The van der Waals surface area contributed by atoms with Gasteiger partial charge in [0.1, 0.15) is 12.3 Å². The molecule has 7 heteroatoms. The number of carbonyl (C=O) groups is 1. The second kappa shape index (κ2) is 8.18. The first-order valence-electron chi connectivity index (χ1n) is 8.55. The van der Waals surface area contributed by atoms with Crippen LogP contribution < -0.4 is 10.1 Å². The van der Waals surface area contributed by atoms with Crippen LogP contribution in [0.25, 0.3) is 0 Å². The van der Waals surface area contributed by atoms with Crippen molar-refractivity contribution in [2.24, 2.45) is 0 Å². The number of benzene rings is 2. The highest BCUT2D eigenvalue weighted by atomic mass is 32.1. The van der Waals surface area contributed by atoms with E-state index in [0.29, 0.717) is 5.89 Å². The number of nitrogens with one attached hydrogen (secondary N) is 1. The average molecular weight is 383 g/mol. The monoisotopic (exact) mass is 383 g/mol. The van der Waals surface area contributed by atoms with Crippen LogP contribution in [0, 0.1) is 25.6 Å². The van der Waals surface area contributed by atoms with E-state index in [1.54, 1.807) is 0 Å². The molecule has 0 aliphatic rings. The van der Waals surface area contributed by atoms with E-state index in [9.17, 15) is 4.79 Å². The molecule has 0 atom stereocenters. The Labute approximate surface area is 162 Å². The number of hydrogen-bond donors (Lipinski definition) is 1. The summed E-state index contributed by atoms with van der Waals surface area (Å²) in [5.41, 5.74) is 3.86. The summed E-state index contributed by atoms with van der Waals surface area (Å²) in [6.07, 6.45) is 0. The van der Waals surface area contributed by atoms with E-state index in [1.165, 1.54) is 4.68 Å². The Morgan fingerprint density at radius 2 is 1.96 bits per heavy atom. The summed E-state index contributed by atoms with van der Waals surface area (Å²) in [7, 11) is 0. The molecular formula is C20H21N3O3S. The van der Waals surface area contributed by atoms with Crippen molar-refractivity contribution in [1.29, 1.82) is 0 Å². The molecule has 0 fully saturated rings. The van der Waals surface area contributed by atoms with Gasteiger partial charge in [0, 0.05) is 5.69 Å². The number of anilines is 1. The minimum atomic E-state index is -0.223. The van der Waals surface area contributed by atoms with Crippen molar-refractivity contribution in [3.63, 3.8) is 0 Å². The SMILES string of the molecule is Cc1ccc(C)c(NC(=O)Cn2nc(COc3ccccc3C)oc2=S)c1. The van der Waals surface area contributed by atoms with Crippen LogP contribution in [-0.4, -0.2) is 15.7 Å². The van der Waals surface area contributed by atoms with Gasteiger partial charge in [-0.25, -0.2) is 4.68 Å². The number of para-hydroxylation sites is 1. The molecule has 0 saturated heterocycles. The van der Waals surface area contributed by atoms with Gasteiger partial charge in [0.2, 0.25) is 5.91 Å². The summed E-state index contributed by atoms with van der Waals surface area (Å²) in [5, 5.41) is 7.12. The molecule has 140 valence electrons. The lowest BCUT2D eigenvalue weighted by Gasteiger charge is -2.09. The number of nitrogens with zero attached hydrogens (tertiary/aromatic N) is 2. The number of rotatable bonds is 6. The van der Waals surface area contributed by atoms with E-state index in [2.05, 4.69) is 10.4 Å². The topological polar surface area (TPSA) is 69.3 Å². The summed E-state index contributed by atoms with van der Waals surface area (Å²) in [5.74, 6) is 0.850. The fourth-order valence-corrected chi connectivity index (χ4v) is 2.76. The maximum Gasteiger partial charge on any atom is 0.287 e. The smallest absolute Gasteiger partial charge is 0.287 e. The van der Waals surface area contributed by atoms with Crippen LogP contribution >= 0.6 is 12.2 Å². The Bertz CT molecular complexity index is 1020. The van der Waals surface area contributed by atoms with Gasteiger partial charge in [-0.3, -0.25) is 4.79 Å². The molecule has 0 aliphatic heterocycles. The predicted molar refractivity (Wildman–Crippen MR) is 105 cm³/mol. The summed E-state index contributed by atoms with van der Waals surface area (Å²) in [6.45, 7) is 5.99. The number of aromatic nitrogens is 2. The Morgan fingerprint density at radius 1 is 1.19 bits per heavy atom. The zero-order valence-electron chi connectivity index (χ0n) is 15.5. The van der Waals surface area contributed by atoms with E-state index in [1.807, 2.05) is 63.2 Å². The van der Waals surface area contributed by atoms with Crippen LogP contribution in [0.4, 0.5) is 5.69 Å². The zero-order valence-corrected chi connectivity index (χ0v) is 16.3. The molecule has 0 radical (unpaired) electrons. The Kier molecular flexibility index (Phi) is 5.71. The Balaban J connectivity index is 1.64. The molecule has 27 heavy (non-hydrogen) atoms. The summed E-state index contributed by atoms with van der Waals surface area (Å²) < 4.78 is 12.5. The van der Waals surface area contributed by atoms with Crippen molar-refractivity contribution >= 4 is 23.8 Å². The highest BCUT2D eigenvalue weighted by Gasteiger charge is 2.12. The molecule has 0 spiro atoms. The molecule has 1 heterocycles. The van der Waals surface area contributed by atoms with Gasteiger partial charge >= 0.3 is 0 Å². The molecule has 0 bridgehead atoms. The van der Waals surface area contributed by atoms with Crippen LogP contribution in [0.15, 0.2) is 46.9 Å². The summed E-state index contributed by atoms with van der Waals surface area (Å²) in [4.78, 5) is 12.5. The molecule has 1 amide bonds. The van der Waals surface area contributed by atoms with Gasteiger partial charge in [-0.05, 0) is 61.8 Å². The summed E-state index contributed by atoms with van der Waals surface area (Å²) in [6, 6.07) is 13.6. The first-order valence-corrected chi connectivity index (χ1v) is 8.95. The molecule has 2 aromatic carbocycles. The first-order chi connectivity index (χ1) is 12.9. The highest BCUT2D eigenvalue weighted by molar-refractivity contribution is 7.71. The van der Waals surface area contributed by atoms with E-state index in [4.69, 9.17) is 21.4 Å². The number of amides is 1. The maximum absolute atomic E-state index is 12.3. The third-order valence-corrected chi connectivity index (χ3v) is 4.35. The fourth-order valence-electron chi connectivity index (χ4n) is 2.56. The number of hydrogen-bond acceptors (Lipinski definition) is 5. The van der Waals surface area contributed by atoms with E-state index >= 15 is 0 Å². The van der Waals surface area contributed by atoms with Crippen molar-refractivity contribution in [3.05, 3.63) is 69.9 Å². The van der Waals surface area contributed by atoms with Gasteiger partial charge in [-0.2, -0.15) is 0 Å². The number of ether oxygens (including phenoxy) is 1. The molecule has 3 rings (SSSR count). The van der Waals surface area contributed by atoms with Gasteiger partial charge in [0.05, 0.1) is 0 Å². The van der Waals surface area contributed by atoms with Crippen LogP contribution in [0.3, 0.4) is 0 Å². The van der Waals surface area contributed by atoms with E-state index < -0.39 is 0 Å². The van der Waals surface area contributed by atoms with Crippen molar-refractivity contribution in [3.8, 4) is 5.75 Å². The lowest BCUT2D eigenvalue weighted by molar-refractivity contribution is -0.117. The standard InChI is InChI=1S/C20H21N3O3S/c1-13-8-9-14(2)16(10-13)21-18(24)11-23-20(27)26-19(22-23)12-25-17-7-5-4-6-15(17)3/h4-10H,11-12H2,1-3H3,(H,21,24). The van der Waals surface area contributed by atoms with Crippen LogP contribution in [0.5, 0.6) is 5.75 Å². The third-order valence-electron chi connectivity index (χ3n) is 4.05. The van der Waals surface area contributed by atoms with Gasteiger partial charge in [-0.15, -0.1) is 5.10 Å². The molecule has 1 aromatic heterocycles. The second-order valence-electron chi connectivity index (χ2n) is 6.34. The van der Waals surface area contributed by atoms with E-state index in [-0.39, 0.29) is 23.9 Å². The quantitative estimate of drug-likeness (QED) is 0.641. The van der Waals surface area contributed by atoms with Crippen LogP contribution in [-0.2, 0) is 17.9 Å². The van der Waals surface area contributed by atoms with Gasteiger partial charge in [-0.1, -0.05) is 30.3 Å². The number of carbonyl (C=O) groups excluding carboxylic acids is 1. The van der Waals surface area contributed by atoms with Gasteiger partial charge in [0.25, 0.3) is 10.7 Å². The van der Waals surface area contributed by atoms with Crippen LogP contribution in [0.1, 0.15) is 22.6 Å². The molecule has 0 unspecified atom stereocenters. The molecule has 3 aromatic rings. The van der Waals surface area contributed by atoms with Crippen molar-refractivity contribution in [2.45, 2.75) is 33.9 Å². The predicted octanol–water partition coefficient (Wildman–Crippen LogP) is 4.35. The Morgan fingerprint density at radius 3 is 2.74 bits per heavy atom. The minimum Gasteiger partial charge on any atom is -0.484 e. The number of aryl methyl sites for hydroxylation is 3. The molecule has 6 nitrogen and oxygen atoms in total. The van der Waals surface area contributed by atoms with E-state index in [0.717, 1.165) is 28.1 Å². The molecule has 0 saturated carbocycles. The highest BCUT2D eigenvalue weighted by Crippen LogP contribution is 2.18. The lowest BCUT2D eigenvalue weighted by Crippen LogP contribution is -2.20. The molecule has 1 N–H and O–H groups in total. The van der Waals surface area contributed by atoms with Gasteiger partial charge < -0.3 is 14.5 Å². The van der Waals surface area contributed by atoms with Crippen LogP contribution in [0.2, 0.25) is 0 Å². The lowest BCUT2D eigenvalue weighted by atomic mass is 10.1. The summed E-state index contributed by atoms with van der Waals surface area (Å²) >= 11 is 5.16. The van der Waals surface area contributed by atoms with Crippen molar-refractivity contribution < 1.29 is 13.9 Å². The van der Waals surface area contributed by atoms with Gasteiger partial charge in [0.15, 0.2) is 6.61 Å².